The summed E-state index contributed by atoms with van der Waals surface area (Å²) in [5.74, 6) is -3.21. The van der Waals surface area contributed by atoms with E-state index in [1.807, 2.05) is 5.32 Å². The number of nitrogens with one attached hydrogen (secondary N) is 1. The molecule has 1 rings (SSSR count). The second-order valence-corrected chi connectivity index (χ2v) is 4.59. The summed E-state index contributed by atoms with van der Waals surface area (Å²) < 4.78 is 13.2. The van der Waals surface area contributed by atoms with Crippen molar-refractivity contribution >= 4 is 35.1 Å². The highest BCUT2D eigenvalue weighted by Gasteiger charge is 2.26. The Morgan fingerprint density at radius 1 is 1.32 bits per heavy atom. The third kappa shape index (κ3) is 3.79. The maximum absolute atomic E-state index is 13.2. The lowest BCUT2D eigenvalue weighted by atomic mass is 10.1. The van der Waals surface area contributed by atoms with Crippen molar-refractivity contribution in [1.82, 2.24) is 5.32 Å². The van der Waals surface area contributed by atoms with Gasteiger partial charge in [-0.05, 0) is 19.1 Å². The van der Waals surface area contributed by atoms with Crippen LogP contribution >= 0.6 is 23.2 Å². The van der Waals surface area contributed by atoms with E-state index < -0.39 is 29.8 Å². The minimum Gasteiger partial charge on any atom is -0.480 e. The minimum atomic E-state index is -1.53. The Labute approximate surface area is 117 Å². The van der Waals surface area contributed by atoms with E-state index in [1.54, 1.807) is 0 Å². The maximum Gasteiger partial charge on any atom is 0.328 e. The summed E-state index contributed by atoms with van der Waals surface area (Å²) in [6.07, 6.45) is -1.32. The van der Waals surface area contributed by atoms with Gasteiger partial charge in [-0.1, -0.05) is 23.2 Å². The van der Waals surface area contributed by atoms with Crippen molar-refractivity contribution in [1.29, 1.82) is 0 Å². The lowest BCUT2D eigenvalue weighted by molar-refractivity contribution is -0.141. The SMILES string of the molecule is C[C@@H](O)[C@H](NC(=O)c1cc(F)c(Cl)cc1Cl)C(=O)O. The third-order valence-corrected chi connectivity index (χ3v) is 2.89. The zero-order valence-electron chi connectivity index (χ0n) is 9.65. The van der Waals surface area contributed by atoms with Gasteiger partial charge in [0.15, 0.2) is 6.04 Å². The van der Waals surface area contributed by atoms with Gasteiger partial charge in [-0.15, -0.1) is 0 Å². The number of carbonyl (C=O) groups excluding carboxylic acids is 1. The Kier molecular flexibility index (Phi) is 5.11. The smallest absolute Gasteiger partial charge is 0.328 e. The minimum absolute atomic E-state index is 0.126. The molecule has 0 aliphatic rings. The highest BCUT2D eigenvalue weighted by molar-refractivity contribution is 6.36. The van der Waals surface area contributed by atoms with Crippen LogP contribution in [0.4, 0.5) is 4.39 Å². The number of carboxylic acid groups (broad SMARTS) is 1. The Bertz CT molecular complexity index is 522. The highest BCUT2D eigenvalue weighted by Crippen LogP contribution is 2.24. The summed E-state index contributed by atoms with van der Waals surface area (Å²) in [5.41, 5.74) is -0.268. The molecule has 1 aromatic rings. The lowest BCUT2D eigenvalue weighted by Crippen LogP contribution is -2.47. The fourth-order valence-corrected chi connectivity index (χ4v) is 1.77. The number of carboxylic acids is 1. The van der Waals surface area contributed by atoms with E-state index in [-0.39, 0.29) is 15.6 Å². The number of amides is 1. The van der Waals surface area contributed by atoms with Crippen LogP contribution in [0.15, 0.2) is 12.1 Å². The zero-order valence-corrected chi connectivity index (χ0v) is 11.2. The molecule has 0 spiro atoms. The second-order valence-electron chi connectivity index (χ2n) is 3.78. The molecular weight excluding hydrogens is 300 g/mol. The largest absolute Gasteiger partial charge is 0.480 e. The van der Waals surface area contributed by atoms with Gasteiger partial charge < -0.3 is 15.5 Å². The van der Waals surface area contributed by atoms with Gasteiger partial charge in [-0.25, -0.2) is 9.18 Å². The molecule has 0 aromatic heterocycles. The van der Waals surface area contributed by atoms with Crippen LogP contribution in [0.2, 0.25) is 10.0 Å². The van der Waals surface area contributed by atoms with Gasteiger partial charge in [0.05, 0.1) is 21.7 Å². The van der Waals surface area contributed by atoms with Gasteiger partial charge in [0.1, 0.15) is 5.82 Å². The fourth-order valence-electron chi connectivity index (χ4n) is 1.30. The Morgan fingerprint density at radius 2 is 1.89 bits per heavy atom. The molecule has 0 radical (unpaired) electrons. The van der Waals surface area contributed by atoms with Crippen molar-refractivity contribution in [2.24, 2.45) is 0 Å². The summed E-state index contributed by atoms with van der Waals surface area (Å²) in [7, 11) is 0. The van der Waals surface area contributed by atoms with Crippen LogP contribution in [0.5, 0.6) is 0 Å². The average Bonchev–Trinajstić information content (AvgIpc) is 2.29. The number of benzene rings is 1. The molecule has 1 aromatic carbocycles. The van der Waals surface area contributed by atoms with Crippen molar-refractivity contribution in [3.63, 3.8) is 0 Å². The van der Waals surface area contributed by atoms with Crippen molar-refractivity contribution < 1.29 is 24.2 Å². The van der Waals surface area contributed by atoms with Gasteiger partial charge in [-0.2, -0.15) is 0 Å². The molecule has 1 amide bonds. The number of hydrogen-bond acceptors (Lipinski definition) is 3. The monoisotopic (exact) mass is 309 g/mol. The topological polar surface area (TPSA) is 86.6 Å². The van der Waals surface area contributed by atoms with E-state index in [0.29, 0.717) is 0 Å². The summed E-state index contributed by atoms with van der Waals surface area (Å²) in [6.45, 7) is 1.20. The molecule has 5 nitrogen and oxygen atoms in total. The number of aliphatic carboxylic acids is 1. The molecule has 2 atom stereocenters. The predicted molar refractivity (Wildman–Crippen MR) is 67.0 cm³/mol. The zero-order chi connectivity index (χ0) is 14.7. The highest BCUT2D eigenvalue weighted by atomic mass is 35.5. The second kappa shape index (κ2) is 6.18. The van der Waals surface area contributed by atoms with Gasteiger partial charge in [0, 0.05) is 0 Å². The van der Waals surface area contributed by atoms with Crippen LogP contribution < -0.4 is 5.32 Å². The standard InChI is InChI=1S/C11H10Cl2FNO4/c1-4(16)9(11(18)19)15-10(17)5-2-8(14)7(13)3-6(5)12/h2-4,9,16H,1H3,(H,15,17)(H,18,19)/t4-,9+/m1/s1. The fraction of sp³-hybridized carbons (Fsp3) is 0.273. The first-order valence-corrected chi connectivity index (χ1v) is 5.86. The van der Waals surface area contributed by atoms with Gasteiger partial charge in [0.25, 0.3) is 5.91 Å². The third-order valence-electron chi connectivity index (χ3n) is 2.29. The molecule has 0 aliphatic heterocycles. The molecule has 0 saturated carbocycles. The first kappa shape index (κ1) is 15.7. The molecule has 19 heavy (non-hydrogen) atoms. The van der Waals surface area contributed by atoms with Crippen molar-refractivity contribution in [2.75, 3.05) is 0 Å². The van der Waals surface area contributed by atoms with Crippen LogP contribution in [0, 0.1) is 5.82 Å². The predicted octanol–water partition coefficient (Wildman–Crippen LogP) is 1.70. The number of carbonyl (C=O) groups is 2. The summed E-state index contributed by atoms with van der Waals surface area (Å²) in [6, 6.07) is 0.300. The first-order chi connectivity index (χ1) is 8.73. The van der Waals surface area contributed by atoms with E-state index in [4.69, 9.17) is 28.3 Å². The number of hydrogen-bond donors (Lipinski definition) is 3. The van der Waals surface area contributed by atoms with Crippen LogP contribution in [0.3, 0.4) is 0 Å². The van der Waals surface area contributed by atoms with E-state index in [1.165, 1.54) is 6.92 Å². The summed E-state index contributed by atoms with van der Waals surface area (Å²) in [5, 5.41) is 19.7. The average molecular weight is 310 g/mol. The Balaban J connectivity index is 3.01. The molecule has 0 fully saturated rings. The molecule has 0 heterocycles. The molecule has 0 saturated heterocycles. The van der Waals surface area contributed by atoms with E-state index in [0.717, 1.165) is 12.1 Å². The van der Waals surface area contributed by atoms with E-state index in [2.05, 4.69) is 0 Å². The van der Waals surface area contributed by atoms with Gasteiger partial charge in [0.2, 0.25) is 0 Å². The van der Waals surface area contributed by atoms with Crippen LogP contribution in [0.25, 0.3) is 0 Å². The van der Waals surface area contributed by atoms with Crippen LogP contribution in [0.1, 0.15) is 17.3 Å². The Morgan fingerprint density at radius 3 is 2.37 bits per heavy atom. The van der Waals surface area contributed by atoms with Crippen molar-refractivity contribution in [2.45, 2.75) is 19.1 Å². The van der Waals surface area contributed by atoms with Crippen LogP contribution in [-0.2, 0) is 4.79 Å². The number of aliphatic hydroxyl groups excluding tert-OH is 1. The number of aliphatic hydroxyl groups is 1. The molecule has 0 aliphatic carbocycles. The molecule has 0 unspecified atom stereocenters. The summed E-state index contributed by atoms with van der Waals surface area (Å²) in [4.78, 5) is 22.6. The van der Waals surface area contributed by atoms with Gasteiger partial charge in [-0.3, -0.25) is 4.79 Å². The number of rotatable bonds is 4. The number of halogens is 3. The van der Waals surface area contributed by atoms with Crippen molar-refractivity contribution in [3.05, 3.63) is 33.6 Å². The Hall–Kier alpha value is -1.37. The summed E-state index contributed by atoms with van der Waals surface area (Å²) >= 11 is 11.2. The van der Waals surface area contributed by atoms with Crippen LogP contribution in [-0.4, -0.2) is 34.2 Å². The molecule has 0 bridgehead atoms. The maximum atomic E-state index is 13.2. The normalized spacial score (nSPS) is 13.7. The quantitative estimate of drug-likeness (QED) is 0.739. The molecule has 3 N–H and O–H groups in total. The molecule has 8 heteroatoms. The van der Waals surface area contributed by atoms with Crippen molar-refractivity contribution in [3.8, 4) is 0 Å². The first-order valence-electron chi connectivity index (χ1n) is 5.10. The lowest BCUT2D eigenvalue weighted by Gasteiger charge is -2.17. The van der Waals surface area contributed by atoms with E-state index in [9.17, 15) is 19.1 Å². The molecular formula is C11H10Cl2FNO4. The van der Waals surface area contributed by atoms with Gasteiger partial charge >= 0.3 is 5.97 Å². The van der Waals surface area contributed by atoms with E-state index >= 15 is 0 Å². The molecule has 104 valence electrons.